The number of fused-ring (bicyclic) bond motifs is 1. The Morgan fingerprint density at radius 2 is 1.90 bits per heavy atom. The summed E-state index contributed by atoms with van der Waals surface area (Å²) in [7, 11) is 0. The summed E-state index contributed by atoms with van der Waals surface area (Å²) in [4.78, 5) is 12.6. The molecule has 0 unspecified atom stereocenters. The summed E-state index contributed by atoms with van der Waals surface area (Å²) in [6.07, 6.45) is 0.747. The van der Waals surface area contributed by atoms with Crippen molar-refractivity contribution < 1.29 is 4.79 Å². The third-order valence-electron chi connectivity index (χ3n) is 4.17. The molecule has 1 aromatic carbocycles. The summed E-state index contributed by atoms with van der Waals surface area (Å²) < 4.78 is 0. The fourth-order valence-corrected chi connectivity index (χ4v) is 2.98. The predicted molar refractivity (Wildman–Crippen MR) is 85.8 cm³/mol. The maximum Gasteiger partial charge on any atom is 0.178 e. The van der Waals surface area contributed by atoms with E-state index in [2.05, 4.69) is 38.1 Å². The van der Waals surface area contributed by atoms with Gasteiger partial charge in [-0.05, 0) is 35.5 Å². The molecule has 0 atom stereocenters. The van der Waals surface area contributed by atoms with Gasteiger partial charge in [0.15, 0.2) is 5.78 Å². The number of Topliss-reactive ketones (excluding diaryl/α,β-unsaturated/α-hetero) is 1. The smallest absolute Gasteiger partial charge is 0.178 e. The molecule has 0 aliphatic heterocycles. The fourth-order valence-electron chi connectivity index (χ4n) is 2.98. The normalized spacial score (nSPS) is 18.9. The van der Waals surface area contributed by atoms with Crippen molar-refractivity contribution in [1.29, 1.82) is 5.26 Å². The first-order valence-corrected chi connectivity index (χ1v) is 7.37. The van der Waals surface area contributed by atoms with E-state index in [0.29, 0.717) is 5.57 Å². The van der Waals surface area contributed by atoms with E-state index in [1.807, 2.05) is 27.7 Å². The van der Waals surface area contributed by atoms with Crippen LogP contribution in [0.3, 0.4) is 0 Å². The van der Waals surface area contributed by atoms with Gasteiger partial charge in [0.25, 0.3) is 0 Å². The number of nitriles is 1. The van der Waals surface area contributed by atoms with E-state index in [4.69, 9.17) is 0 Å². The molecule has 0 spiro atoms. The summed E-state index contributed by atoms with van der Waals surface area (Å²) in [5, 5.41) is 9.56. The molecule has 0 N–H and O–H groups in total. The largest absolute Gasteiger partial charge is 0.293 e. The second kappa shape index (κ2) is 4.84. The number of carbonyl (C=O) groups is 1. The maximum atomic E-state index is 12.6. The standard InChI is InChI=1S/C19H23NO/c1-12-7-8-16-13(9-12)14(10-19(16,5)6)15(11-20)17(21)18(2,3)4/h7-9H,10H2,1-6H3. The minimum Gasteiger partial charge on any atom is -0.293 e. The molecule has 1 aliphatic carbocycles. The van der Waals surface area contributed by atoms with E-state index in [-0.39, 0.29) is 11.2 Å². The topological polar surface area (TPSA) is 40.9 Å². The minimum absolute atomic E-state index is 0.0291. The van der Waals surface area contributed by atoms with E-state index < -0.39 is 5.41 Å². The highest BCUT2D eigenvalue weighted by atomic mass is 16.1. The van der Waals surface area contributed by atoms with Gasteiger partial charge in [0.2, 0.25) is 0 Å². The van der Waals surface area contributed by atoms with Crippen LogP contribution in [0.4, 0.5) is 0 Å². The van der Waals surface area contributed by atoms with Crippen LogP contribution in [0, 0.1) is 23.7 Å². The second-order valence-electron chi connectivity index (χ2n) is 7.65. The third-order valence-corrected chi connectivity index (χ3v) is 4.17. The summed E-state index contributed by atoms with van der Waals surface area (Å²) in [5.41, 5.74) is 4.16. The van der Waals surface area contributed by atoms with E-state index in [9.17, 15) is 10.1 Å². The van der Waals surface area contributed by atoms with Gasteiger partial charge in [-0.1, -0.05) is 58.4 Å². The molecular weight excluding hydrogens is 258 g/mol. The third kappa shape index (κ3) is 2.65. The zero-order valence-corrected chi connectivity index (χ0v) is 13.8. The van der Waals surface area contributed by atoms with Crippen LogP contribution in [0.5, 0.6) is 0 Å². The van der Waals surface area contributed by atoms with Gasteiger partial charge in [0.05, 0.1) is 5.57 Å². The first-order chi connectivity index (χ1) is 9.58. The Morgan fingerprint density at radius 1 is 1.29 bits per heavy atom. The maximum absolute atomic E-state index is 12.6. The van der Waals surface area contributed by atoms with Crippen molar-refractivity contribution in [1.82, 2.24) is 0 Å². The molecule has 110 valence electrons. The molecule has 2 nitrogen and oxygen atoms in total. The molecule has 21 heavy (non-hydrogen) atoms. The van der Waals surface area contributed by atoms with Gasteiger partial charge in [-0.25, -0.2) is 0 Å². The monoisotopic (exact) mass is 281 g/mol. The van der Waals surface area contributed by atoms with Gasteiger partial charge in [-0.15, -0.1) is 0 Å². The van der Waals surface area contributed by atoms with Crippen LogP contribution >= 0.6 is 0 Å². The average molecular weight is 281 g/mol. The SMILES string of the molecule is Cc1ccc2c(c1)C(=C(C#N)C(=O)C(C)(C)C)CC2(C)C. The summed E-state index contributed by atoms with van der Waals surface area (Å²) in [5.74, 6) is -0.0647. The Balaban J connectivity index is 2.72. The van der Waals surface area contributed by atoms with Crippen LogP contribution in [-0.2, 0) is 10.2 Å². The Morgan fingerprint density at radius 3 is 2.43 bits per heavy atom. The Hall–Kier alpha value is -1.88. The van der Waals surface area contributed by atoms with Crippen molar-refractivity contribution in [2.75, 3.05) is 0 Å². The first kappa shape index (κ1) is 15.5. The van der Waals surface area contributed by atoms with Crippen LogP contribution in [-0.4, -0.2) is 5.78 Å². The Kier molecular flexibility index (Phi) is 3.58. The summed E-state index contributed by atoms with van der Waals surface area (Å²) >= 11 is 0. The van der Waals surface area contributed by atoms with Gasteiger partial charge in [0.1, 0.15) is 6.07 Å². The van der Waals surface area contributed by atoms with Gasteiger partial charge in [-0.2, -0.15) is 5.26 Å². The quantitative estimate of drug-likeness (QED) is 0.559. The van der Waals surface area contributed by atoms with E-state index in [1.165, 1.54) is 5.56 Å². The molecule has 0 bridgehead atoms. The van der Waals surface area contributed by atoms with Gasteiger partial charge in [0, 0.05) is 5.41 Å². The lowest BCUT2D eigenvalue weighted by atomic mass is 9.83. The number of nitrogens with zero attached hydrogens (tertiary/aromatic N) is 1. The van der Waals surface area contributed by atoms with Crippen molar-refractivity contribution >= 4 is 11.4 Å². The lowest BCUT2D eigenvalue weighted by Crippen LogP contribution is -2.22. The van der Waals surface area contributed by atoms with Crippen LogP contribution in [0.1, 0.15) is 57.7 Å². The van der Waals surface area contributed by atoms with Crippen LogP contribution < -0.4 is 0 Å². The van der Waals surface area contributed by atoms with Gasteiger partial charge >= 0.3 is 0 Å². The molecule has 0 radical (unpaired) electrons. The van der Waals surface area contributed by atoms with Gasteiger partial charge in [-0.3, -0.25) is 4.79 Å². The Bertz CT molecular complexity index is 678. The van der Waals surface area contributed by atoms with Crippen molar-refractivity contribution in [3.8, 4) is 6.07 Å². The molecule has 0 fully saturated rings. The molecule has 0 saturated carbocycles. The van der Waals surface area contributed by atoms with Gasteiger partial charge < -0.3 is 0 Å². The summed E-state index contributed by atoms with van der Waals surface area (Å²) in [6, 6.07) is 8.51. The molecule has 1 aromatic rings. The highest BCUT2D eigenvalue weighted by Gasteiger charge is 2.37. The number of carbonyl (C=O) groups excluding carboxylic acids is 1. The first-order valence-electron chi connectivity index (χ1n) is 7.37. The number of ketones is 1. The predicted octanol–water partition coefficient (Wildman–Crippen LogP) is 4.57. The molecule has 2 heteroatoms. The van der Waals surface area contributed by atoms with Crippen molar-refractivity contribution in [3.05, 3.63) is 40.5 Å². The lowest BCUT2D eigenvalue weighted by Gasteiger charge is -2.19. The minimum atomic E-state index is -0.533. The zero-order chi connectivity index (χ0) is 16.0. The van der Waals surface area contributed by atoms with Crippen LogP contribution in [0.15, 0.2) is 23.8 Å². The number of hydrogen-bond acceptors (Lipinski definition) is 2. The number of aryl methyl sites for hydroxylation is 1. The second-order valence-corrected chi connectivity index (χ2v) is 7.65. The highest BCUT2D eigenvalue weighted by molar-refractivity contribution is 6.09. The van der Waals surface area contributed by atoms with E-state index in [1.54, 1.807) is 0 Å². The number of hydrogen-bond donors (Lipinski definition) is 0. The van der Waals surface area contributed by atoms with Crippen molar-refractivity contribution in [2.45, 2.75) is 53.4 Å². The van der Waals surface area contributed by atoms with Crippen molar-refractivity contribution in [2.24, 2.45) is 5.41 Å². The van der Waals surface area contributed by atoms with E-state index >= 15 is 0 Å². The molecule has 0 heterocycles. The highest BCUT2D eigenvalue weighted by Crippen LogP contribution is 2.47. The number of allylic oxidation sites excluding steroid dienone is 2. The molecular formula is C19H23NO. The average Bonchev–Trinajstić information content (AvgIpc) is 2.61. The van der Waals surface area contributed by atoms with Crippen LogP contribution in [0.25, 0.3) is 5.57 Å². The molecule has 2 rings (SSSR count). The number of benzene rings is 1. The molecule has 0 aromatic heterocycles. The van der Waals surface area contributed by atoms with E-state index in [0.717, 1.165) is 23.1 Å². The molecule has 0 amide bonds. The van der Waals surface area contributed by atoms with Crippen LogP contribution in [0.2, 0.25) is 0 Å². The fraction of sp³-hybridized carbons (Fsp3) is 0.474. The van der Waals surface area contributed by atoms with Crippen molar-refractivity contribution in [3.63, 3.8) is 0 Å². The lowest BCUT2D eigenvalue weighted by molar-refractivity contribution is -0.122. The molecule has 1 aliphatic rings. The molecule has 0 saturated heterocycles. The number of rotatable bonds is 1. The zero-order valence-electron chi connectivity index (χ0n) is 13.8. The Labute approximate surface area is 127 Å². The summed E-state index contributed by atoms with van der Waals surface area (Å²) in [6.45, 7) is 12.0.